The van der Waals surface area contributed by atoms with Gasteiger partial charge in [-0.1, -0.05) is 0 Å². The maximum atomic E-state index is 12.8. The van der Waals surface area contributed by atoms with Crippen molar-refractivity contribution in [2.24, 2.45) is 0 Å². The Morgan fingerprint density at radius 1 is 1.44 bits per heavy atom. The summed E-state index contributed by atoms with van der Waals surface area (Å²) < 4.78 is 13.2. The summed E-state index contributed by atoms with van der Waals surface area (Å²) in [4.78, 5) is 22.4. The predicted molar refractivity (Wildman–Crippen MR) is 60.2 cm³/mol. The summed E-state index contributed by atoms with van der Waals surface area (Å²) in [5, 5.41) is 2.58. The molecule has 3 nitrogen and oxygen atoms in total. The topological polar surface area (TPSA) is 46.2 Å². The first kappa shape index (κ1) is 13.4. The molecule has 1 N–H and O–H groups in total. The van der Waals surface area contributed by atoms with Crippen molar-refractivity contribution in [3.8, 4) is 0 Å². The molecule has 0 aliphatic heterocycles. The number of nitrogens with one attached hydrogen (secondary N) is 1. The molecule has 0 atom stereocenters. The summed E-state index contributed by atoms with van der Waals surface area (Å²) in [5.41, 5.74) is 0.262. The van der Waals surface area contributed by atoms with Crippen LogP contribution in [0, 0.1) is 5.82 Å². The summed E-state index contributed by atoms with van der Waals surface area (Å²) in [6, 6.07) is 5.41. The third-order valence-electron chi connectivity index (χ3n) is 1.74. The fourth-order valence-corrected chi connectivity index (χ4v) is 3.18. The second kappa shape index (κ2) is 6.85. The summed E-state index contributed by atoms with van der Waals surface area (Å²) in [6.45, 7) is 0. The van der Waals surface area contributed by atoms with E-state index in [9.17, 15) is 14.0 Å². The van der Waals surface area contributed by atoms with Gasteiger partial charge in [-0.05, 0) is 0 Å². The second-order valence-corrected chi connectivity index (χ2v) is 6.80. The van der Waals surface area contributed by atoms with Crippen LogP contribution >= 0.6 is 11.6 Å². The van der Waals surface area contributed by atoms with Gasteiger partial charge in [-0.15, -0.1) is 0 Å². The van der Waals surface area contributed by atoms with Gasteiger partial charge in [0.1, 0.15) is 0 Å². The van der Waals surface area contributed by atoms with Crippen molar-refractivity contribution >= 4 is 42.4 Å². The zero-order valence-electron chi connectivity index (χ0n) is 8.30. The van der Waals surface area contributed by atoms with Gasteiger partial charge in [-0.25, -0.2) is 0 Å². The molecule has 0 saturated heterocycles. The molecule has 6 heteroatoms. The second-order valence-electron chi connectivity index (χ2n) is 2.93. The van der Waals surface area contributed by atoms with Crippen LogP contribution in [-0.2, 0) is 4.79 Å². The molecular formula is C10H9ClFNO2Sn. The van der Waals surface area contributed by atoms with Crippen molar-refractivity contribution in [3.63, 3.8) is 0 Å². The molecule has 0 spiro atoms. The van der Waals surface area contributed by atoms with E-state index in [0.29, 0.717) is 4.56 Å². The zero-order valence-corrected chi connectivity index (χ0v) is 11.9. The molecule has 1 rings (SSSR count). The van der Waals surface area contributed by atoms with Crippen LogP contribution < -0.4 is 5.32 Å². The average Bonchev–Trinajstić information content (AvgIpc) is 2.28. The Morgan fingerprint density at radius 3 is 2.81 bits per heavy atom. The number of benzene rings is 1. The maximum absolute atomic E-state index is 12.8. The quantitative estimate of drug-likeness (QED) is 0.637. The van der Waals surface area contributed by atoms with Crippen molar-refractivity contribution in [2.45, 2.75) is 0 Å². The third-order valence-corrected chi connectivity index (χ3v) is 5.26. The van der Waals surface area contributed by atoms with E-state index in [1.807, 2.05) is 0 Å². The number of halogens is 2. The molecule has 0 aromatic heterocycles. The number of rotatable bonds is 5. The Balaban J connectivity index is 2.44. The van der Waals surface area contributed by atoms with E-state index in [0.717, 1.165) is 6.07 Å². The van der Waals surface area contributed by atoms with Gasteiger partial charge >= 0.3 is 108 Å². The van der Waals surface area contributed by atoms with E-state index >= 15 is 0 Å². The van der Waals surface area contributed by atoms with Gasteiger partial charge in [0.2, 0.25) is 0 Å². The minimum absolute atomic E-state index is 0.0159. The SMILES string of the molecule is O=[C](CCl)[Sn][CH2]NC(=O)c1cccc(F)c1. The zero-order chi connectivity index (χ0) is 12.0. The molecule has 0 saturated carbocycles. The van der Waals surface area contributed by atoms with Crippen LogP contribution in [0.25, 0.3) is 0 Å². The molecule has 16 heavy (non-hydrogen) atoms. The van der Waals surface area contributed by atoms with Crippen LogP contribution in [0.4, 0.5) is 4.39 Å². The fraction of sp³-hybridized carbons (Fsp3) is 0.200. The van der Waals surface area contributed by atoms with Crippen molar-refractivity contribution in [3.05, 3.63) is 35.6 Å². The van der Waals surface area contributed by atoms with Crippen LogP contribution in [0.15, 0.2) is 24.3 Å². The van der Waals surface area contributed by atoms with Gasteiger partial charge in [0, 0.05) is 0 Å². The van der Waals surface area contributed by atoms with E-state index in [1.165, 1.54) is 18.2 Å². The van der Waals surface area contributed by atoms with Crippen LogP contribution in [0.2, 0.25) is 0 Å². The van der Waals surface area contributed by atoms with E-state index < -0.39 is 27.0 Å². The third kappa shape index (κ3) is 4.49. The molecular weight excluding hydrogens is 339 g/mol. The Morgan fingerprint density at radius 2 is 2.19 bits per heavy atom. The van der Waals surface area contributed by atoms with Gasteiger partial charge in [-0.2, -0.15) is 0 Å². The summed E-state index contributed by atoms with van der Waals surface area (Å²) in [6.07, 6.45) is 0. The standard InChI is InChI=1S/C8H7FNO.C2H2ClO.Sn/c1-10-8(11)6-3-2-4-7(9)5-6;3-1-2-4;/h2-5H,1H2,(H,10,11);1H2;. The van der Waals surface area contributed by atoms with Gasteiger partial charge in [0.25, 0.3) is 0 Å². The van der Waals surface area contributed by atoms with E-state index in [-0.39, 0.29) is 21.1 Å². The summed E-state index contributed by atoms with van der Waals surface area (Å²) >= 11 is 4.05. The first-order valence-corrected chi connectivity index (χ1v) is 8.48. The average molecular weight is 348 g/mol. The number of hydrogen-bond acceptors (Lipinski definition) is 2. The first-order chi connectivity index (χ1) is 7.63. The van der Waals surface area contributed by atoms with Crippen LogP contribution in [-0.4, -0.2) is 41.3 Å². The van der Waals surface area contributed by atoms with Gasteiger partial charge in [0.15, 0.2) is 0 Å². The van der Waals surface area contributed by atoms with Gasteiger partial charge < -0.3 is 0 Å². The number of carbonyl (C=O) groups is 2. The Kier molecular flexibility index (Phi) is 5.76. The fourth-order valence-electron chi connectivity index (χ4n) is 1.00. The summed E-state index contributed by atoms with van der Waals surface area (Å²) in [5.74, 6) is -0.797. The molecule has 0 aliphatic rings. The Hall–Kier alpha value is -0.621. The molecule has 84 valence electrons. The van der Waals surface area contributed by atoms with Crippen LogP contribution in [0.1, 0.15) is 10.4 Å². The molecule has 0 aliphatic carbocycles. The van der Waals surface area contributed by atoms with Crippen LogP contribution in [0.5, 0.6) is 0 Å². The Bertz CT molecular complexity index is 400. The molecule has 1 aromatic rings. The molecule has 0 bridgehead atoms. The van der Waals surface area contributed by atoms with E-state index in [4.69, 9.17) is 11.6 Å². The van der Waals surface area contributed by atoms with Gasteiger partial charge in [-0.3, -0.25) is 0 Å². The number of hydrogen-bond donors (Lipinski definition) is 1. The van der Waals surface area contributed by atoms with Crippen molar-refractivity contribution < 1.29 is 14.0 Å². The van der Waals surface area contributed by atoms with E-state index in [2.05, 4.69) is 5.32 Å². The van der Waals surface area contributed by atoms with Crippen molar-refractivity contribution in [1.29, 1.82) is 0 Å². The monoisotopic (exact) mass is 349 g/mol. The summed E-state index contributed by atoms with van der Waals surface area (Å²) in [7, 11) is 0. The van der Waals surface area contributed by atoms with Gasteiger partial charge in [0.05, 0.1) is 0 Å². The first-order valence-electron chi connectivity index (χ1n) is 4.50. The molecule has 2 radical (unpaired) electrons. The van der Waals surface area contributed by atoms with Crippen molar-refractivity contribution in [1.82, 2.24) is 5.32 Å². The number of amides is 1. The molecule has 0 heterocycles. The molecule has 0 fully saturated rings. The normalized spacial score (nSPS) is 9.88. The molecule has 1 aromatic carbocycles. The molecule has 1 amide bonds. The van der Waals surface area contributed by atoms with Crippen LogP contribution in [0.3, 0.4) is 0 Å². The van der Waals surface area contributed by atoms with E-state index in [1.54, 1.807) is 0 Å². The molecule has 0 unspecified atom stereocenters. The number of carbonyl (C=O) groups excluding carboxylic acids is 2. The Labute approximate surface area is 108 Å². The number of alkyl halides is 1. The van der Waals surface area contributed by atoms with Crippen molar-refractivity contribution in [2.75, 3.05) is 10.4 Å². The predicted octanol–water partition coefficient (Wildman–Crippen LogP) is 0.983. The minimum atomic E-state index is -1.29.